The fourth-order valence-corrected chi connectivity index (χ4v) is 4.30. The molecule has 6 nitrogen and oxygen atoms in total. The molecule has 0 N–H and O–H groups in total. The number of benzene rings is 1. The van der Waals surface area contributed by atoms with Crippen molar-refractivity contribution in [2.24, 2.45) is 0 Å². The van der Waals surface area contributed by atoms with Crippen molar-refractivity contribution in [3.8, 4) is 0 Å². The second-order valence-corrected chi connectivity index (χ2v) is 8.52. The number of aryl methyl sites for hydroxylation is 2. The van der Waals surface area contributed by atoms with E-state index in [9.17, 15) is 9.59 Å². The van der Waals surface area contributed by atoms with Crippen LogP contribution in [-0.4, -0.2) is 28.1 Å². The maximum Gasteiger partial charge on any atom is 0.419 e. The van der Waals surface area contributed by atoms with Crippen LogP contribution in [-0.2, 0) is 17.8 Å². The Morgan fingerprint density at radius 2 is 1.80 bits per heavy atom. The number of rotatable bonds is 3. The molecule has 1 aliphatic heterocycles. The maximum absolute atomic E-state index is 13.1. The van der Waals surface area contributed by atoms with Gasteiger partial charge >= 0.3 is 6.09 Å². The number of aromatic nitrogens is 2. The molecule has 0 spiro atoms. The normalized spacial score (nSPS) is 11.8. The molecule has 1 aromatic carbocycles. The molecule has 35 heavy (non-hydrogen) atoms. The van der Waals surface area contributed by atoms with Gasteiger partial charge in [-0.2, -0.15) is 0 Å². The molecule has 7 heteroatoms. The average Bonchev–Trinajstić information content (AvgIpc) is 3.55. The molecule has 0 unspecified atom stereocenters. The van der Waals surface area contributed by atoms with E-state index < -0.39 is 6.09 Å². The van der Waals surface area contributed by atoms with Crippen molar-refractivity contribution >= 4 is 29.0 Å². The number of hydrogen-bond donors (Lipinski definition) is 0. The summed E-state index contributed by atoms with van der Waals surface area (Å²) in [6.45, 7) is 15.1. The summed E-state index contributed by atoms with van der Waals surface area (Å²) in [4.78, 5) is 32.1. The number of carbonyl (C=O) groups excluding carboxylic acids is 2. The van der Waals surface area contributed by atoms with E-state index in [4.69, 9.17) is 4.74 Å². The lowest BCUT2D eigenvalue weighted by Gasteiger charge is -2.21. The van der Waals surface area contributed by atoms with Crippen molar-refractivity contribution in [2.75, 3.05) is 11.4 Å². The first-order chi connectivity index (χ1) is 17.0. The molecule has 0 fully saturated rings. The third-order valence-corrected chi connectivity index (χ3v) is 5.92. The number of anilines is 1. The van der Waals surface area contributed by atoms with Crippen LogP contribution in [0.1, 0.15) is 87.2 Å². The number of amides is 1. The molecule has 3 aromatic rings. The lowest BCUT2D eigenvalue weighted by Crippen LogP contribution is -2.31. The third-order valence-electron chi connectivity index (χ3n) is 4.95. The molecule has 0 aliphatic carbocycles. The van der Waals surface area contributed by atoms with Gasteiger partial charge in [-0.05, 0) is 60.9 Å². The molecule has 2 aromatic heterocycles. The second-order valence-electron chi connectivity index (χ2n) is 7.52. The number of fused-ring (bicyclic) bond motifs is 1. The summed E-state index contributed by atoms with van der Waals surface area (Å²) in [6, 6.07) is 7.59. The van der Waals surface area contributed by atoms with Gasteiger partial charge in [-0.15, -0.1) is 11.3 Å². The Bertz CT molecular complexity index is 1010. The minimum absolute atomic E-state index is 0.0200. The van der Waals surface area contributed by atoms with Crippen molar-refractivity contribution in [1.29, 1.82) is 0 Å². The Hall–Kier alpha value is -2.93. The zero-order valence-corrected chi connectivity index (χ0v) is 23.2. The number of carbonyl (C=O) groups is 2. The SMILES string of the molecule is CC.CC.CCC.Cc1cc(C(=O)N2CCCCc3sccc32)ccc1COC(=O)n1ccnc1. The van der Waals surface area contributed by atoms with E-state index in [2.05, 4.69) is 24.2 Å². The quantitative estimate of drug-likeness (QED) is 0.367. The van der Waals surface area contributed by atoms with E-state index >= 15 is 0 Å². The van der Waals surface area contributed by atoms with Crippen LogP contribution in [0, 0.1) is 6.92 Å². The maximum atomic E-state index is 13.1. The molecule has 1 aliphatic rings. The highest BCUT2D eigenvalue weighted by molar-refractivity contribution is 7.10. The average molecular weight is 500 g/mol. The monoisotopic (exact) mass is 499 g/mol. The smallest absolute Gasteiger partial charge is 0.419 e. The van der Waals surface area contributed by atoms with Gasteiger partial charge < -0.3 is 9.64 Å². The highest BCUT2D eigenvalue weighted by atomic mass is 32.1. The lowest BCUT2D eigenvalue weighted by molar-refractivity contribution is 0.0986. The summed E-state index contributed by atoms with van der Waals surface area (Å²) in [6.07, 6.45) is 8.39. The van der Waals surface area contributed by atoms with Gasteiger partial charge in [-0.1, -0.05) is 54.0 Å². The molecule has 0 saturated carbocycles. The first-order valence-electron chi connectivity index (χ1n) is 12.7. The van der Waals surface area contributed by atoms with Crippen LogP contribution in [0.15, 0.2) is 48.4 Å². The van der Waals surface area contributed by atoms with Crippen molar-refractivity contribution in [3.63, 3.8) is 0 Å². The highest BCUT2D eigenvalue weighted by Crippen LogP contribution is 2.32. The summed E-state index contributed by atoms with van der Waals surface area (Å²) in [5.74, 6) is 0.0200. The van der Waals surface area contributed by atoms with E-state index in [0.717, 1.165) is 42.6 Å². The Labute approximate surface area is 215 Å². The minimum atomic E-state index is -0.480. The molecular weight excluding hydrogens is 458 g/mol. The summed E-state index contributed by atoms with van der Waals surface area (Å²) in [5.41, 5.74) is 3.49. The number of hydrogen-bond acceptors (Lipinski definition) is 5. The molecular formula is C28H41N3O3S. The molecule has 4 rings (SSSR count). The number of ether oxygens (including phenoxy) is 1. The van der Waals surface area contributed by atoms with Gasteiger partial charge in [0.2, 0.25) is 0 Å². The minimum Gasteiger partial charge on any atom is -0.444 e. The molecule has 3 heterocycles. The fraction of sp³-hybridized carbons (Fsp3) is 0.464. The first-order valence-corrected chi connectivity index (χ1v) is 13.6. The predicted molar refractivity (Wildman–Crippen MR) is 147 cm³/mol. The first kappa shape index (κ1) is 30.1. The standard InChI is InChI=1S/C21H21N3O3S.C3H8.2C2H6/c1-15-12-16(5-6-17(15)13-27-21(26)23-10-8-22-14-23)20(25)24-9-3-2-4-19-18(24)7-11-28-19;1-3-2;2*1-2/h5-8,10-12,14H,2-4,9,13H2,1H3;3H2,1-2H3;2*1-2H3. The predicted octanol–water partition coefficient (Wildman–Crippen LogP) is 7.89. The van der Waals surface area contributed by atoms with Crippen LogP contribution >= 0.6 is 11.3 Å². The van der Waals surface area contributed by atoms with E-state index in [1.54, 1.807) is 11.3 Å². The van der Waals surface area contributed by atoms with E-state index in [1.165, 1.54) is 34.6 Å². The van der Waals surface area contributed by atoms with Gasteiger partial charge in [0.25, 0.3) is 5.91 Å². The molecule has 0 atom stereocenters. The summed E-state index contributed by atoms with van der Waals surface area (Å²) < 4.78 is 6.60. The van der Waals surface area contributed by atoms with E-state index in [1.807, 2.05) is 63.8 Å². The number of thiophene rings is 1. The van der Waals surface area contributed by atoms with E-state index in [-0.39, 0.29) is 12.5 Å². The van der Waals surface area contributed by atoms with Gasteiger partial charge in [-0.25, -0.2) is 14.3 Å². The Morgan fingerprint density at radius 3 is 2.43 bits per heavy atom. The Balaban J connectivity index is 0.000000797. The Morgan fingerprint density at radius 1 is 1.09 bits per heavy atom. The van der Waals surface area contributed by atoms with Crippen LogP contribution in [0.5, 0.6) is 0 Å². The zero-order valence-electron chi connectivity index (χ0n) is 22.3. The van der Waals surface area contributed by atoms with Crippen molar-refractivity contribution < 1.29 is 14.3 Å². The van der Waals surface area contributed by atoms with Gasteiger partial charge in [0.05, 0.1) is 5.69 Å². The lowest BCUT2D eigenvalue weighted by atomic mass is 10.0. The molecule has 0 radical (unpaired) electrons. The van der Waals surface area contributed by atoms with Crippen molar-refractivity contribution in [3.05, 3.63) is 69.9 Å². The molecule has 0 saturated heterocycles. The summed E-state index contributed by atoms with van der Waals surface area (Å²) in [5, 5.41) is 2.05. The number of nitrogens with zero attached hydrogens (tertiary/aromatic N) is 3. The molecule has 1 amide bonds. The fourth-order valence-electron chi connectivity index (χ4n) is 3.38. The van der Waals surface area contributed by atoms with Gasteiger partial charge in [0, 0.05) is 29.4 Å². The van der Waals surface area contributed by atoms with Crippen molar-refractivity contribution in [2.45, 2.75) is 80.8 Å². The zero-order chi connectivity index (χ0) is 26.2. The largest absolute Gasteiger partial charge is 0.444 e. The summed E-state index contributed by atoms with van der Waals surface area (Å²) >= 11 is 1.72. The van der Waals surface area contributed by atoms with Crippen LogP contribution in [0.2, 0.25) is 0 Å². The van der Waals surface area contributed by atoms with Gasteiger partial charge in [0.1, 0.15) is 12.9 Å². The van der Waals surface area contributed by atoms with Gasteiger partial charge in [-0.3, -0.25) is 4.79 Å². The van der Waals surface area contributed by atoms with Crippen LogP contribution < -0.4 is 4.90 Å². The van der Waals surface area contributed by atoms with Crippen molar-refractivity contribution in [1.82, 2.24) is 9.55 Å². The number of imidazole rings is 1. The topological polar surface area (TPSA) is 64.4 Å². The highest BCUT2D eigenvalue weighted by Gasteiger charge is 2.23. The van der Waals surface area contributed by atoms with Crippen LogP contribution in [0.25, 0.3) is 0 Å². The van der Waals surface area contributed by atoms with Crippen LogP contribution in [0.4, 0.5) is 10.5 Å². The molecule has 192 valence electrons. The van der Waals surface area contributed by atoms with Gasteiger partial charge in [0.15, 0.2) is 0 Å². The van der Waals surface area contributed by atoms with E-state index in [0.29, 0.717) is 5.56 Å². The Kier molecular flexibility index (Phi) is 14.3. The molecule has 0 bridgehead atoms. The third kappa shape index (κ3) is 8.66. The van der Waals surface area contributed by atoms with Crippen LogP contribution in [0.3, 0.4) is 0 Å². The second kappa shape index (κ2) is 16.7. The summed E-state index contributed by atoms with van der Waals surface area (Å²) in [7, 11) is 0.